The molecule has 0 saturated carbocycles. The van der Waals surface area contributed by atoms with Crippen molar-refractivity contribution in [2.45, 2.75) is 32.8 Å². The molecular formula is C23H25ClF2N4O3. The van der Waals surface area contributed by atoms with E-state index in [2.05, 4.69) is 10.4 Å². The fraction of sp³-hybridized carbons (Fsp3) is 0.348. The summed E-state index contributed by atoms with van der Waals surface area (Å²) in [6, 6.07) is 7.06. The number of hydrazone groups is 1. The number of alkyl halides is 1. The molecule has 0 spiro atoms. The summed E-state index contributed by atoms with van der Waals surface area (Å²) < 4.78 is 33.7. The van der Waals surface area contributed by atoms with Crippen molar-refractivity contribution in [2.75, 3.05) is 30.6 Å². The molecule has 176 valence electrons. The number of carbonyl (C=O) groups is 2. The number of rotatable bonds is 7. The van der Waals surface area contributed by atoms with Gasteiger partial charge in [-0.1, -0.05) is 17.7 Å². The average molecular weight is 479 g/mol. The number of halogens is 3. The molecule has 2 aromatic rings. The van der Waals surface area contributed by atoms with Crippen LogP contribution < -0.4 is 15.1 Å². The zero-order valence-corrected chi connectivity index (χ0v) is 19.5. The number of benzene rings is 2. The SMILES string of the molecule is CCN(C)/C(CF)=N\N(C=O)c1ccc(C(=O)Nc2c(F)cccc2Cl)c2c1CC(C)(C)O2. The van der Waals surface area contributed by atoms with Crippen molar-refractivity contribution in [1.82, 2.24) is 4.90 Å². The Labute approximate surface area is 196 Å². The molecule has 0 aromatic heterocycles. The van der Waals surface area contributed by atoms with Crippen LogP contribution in [0.4, 0.5) is 20.2 Å². The summed E-state index contributed by atoms with van der Waals surface area (Å²) in [5.74, 6) is -0.979. The predicted octanol–water partition coefficient (Wildman–Crippen LogP) is 4.64. The van der Waals surface area contributed by atoms with E-state index in [0.717, 1.165) is 5.01 Å². The second-order valence-electron chi connectivity index (χ2n) is 8.14. The minimum Gasteiger partial charge on any atom is -0.486 e. The summed E-state index contributed by atoms with van der Waals surface area (Å²) in [4.78, 5) is 26.5. The first kappa shape index (κ1) is 24.4. The first-order valence-corrected chi connectivity index (χ1v) is 10.7. The molecule has 0 atom stereocenters. The Balaban J connectivity index is 2.05. The fourth-order valence-corrected chi connectivity index (χ4v) is 3.69. The third-order valence-electron chi connectivity index (χ3n) is 5.27. The smallest absolute Gasteiger partial charge is 0.259 e. The number of nitrogens with zero attached hydrogens (tertiary/aromatic N) is 3. The van der Waals surface area contributed by atoms with Gasteiger partial charge in [0.1, 0.15) is 23.8 Å². The van der Waals surface area contributed by atoms with Crippen LogP contribution in [-0.4, -0.2) is 48.9 Å². The quantitative estimate of drug-likeness (QED) is 0.272. The maximum absolute atomic E-state index is 14.2. The van der Waals surface area contributed by atoms with Crippen LogP contribution in [0.2, 0.25) is 5.02 Å². The maximum atomic E-state index is 14.2. The van der Waals surface area contributed by atoms with E-state index in [0.29, 0.717) is 30.6 Å². The van der Waals surface area contributed by atoms with E-state index in [4.69, 9.17) is 16.3 Å². The fourth-order valence-electron chi connectivity index (χ4n) is 3.48. The highest BCUT2D eigenvalue weighted by molar-refractivity contribution is 6.34. The molecule has 7 nitrogen and oxygen atoms in total. The highest BCUT2D eigenvalue weighted by Crippen LogP contribution is 2.43. The molecule has 2 aromatic carbocycles. The molecule has 0 unspecified atom stereocenters. The average Bonchev–Trinajstić information content (AvgIpc) is 3.11. The van der Waals surface area contributed by atoms with Crippen LogP contribution in [0.3, 0.4) is 0 Å². The number of carbonyl (C=O) groups excluding carboxylic acids is 2. The Morgan fingerprint density at radius 2 is 2.06 bits per heavy atom. The van der Waals surface area contributed by atoms with Gasteiger partial charge >= 0.3 is 0 Å². The molecule has 0 bridgehead atoms. The Kier molecular flexibility index (Phi) is 7.22. The van der Waals surface area contributed by atoms with Gasteiger partial charge in [0.15, 0.2) is 5.84 Å². The van der Waals surface area contributed by atoms with Crippen LogP contribution in [0.15, 0.2) is 35.4 Å². The van der Waals surface area contributed by atoms with Gasteiger partial charge in [-0.3, -0.25) is 9.59 Å². The second kappa shape index (κ2) is 9.74. The highest BCUT2D eigenvalue weighted by atomic mass is 35.5. The normalized spacial score (nSPS) is 14.3. The van der Waals surface area contributed by atoms with E-state index in [1.807, 2.05) is 20.8 Å². The Hall–Kier alpha value is -3.20. The van der Waals surface area contributed by atoms with Crippen molar-refractivity contribution in [3.8, 4) is 5.75 Å². The van der Waals surface area contributed by atoms with Crippen molar-refractivity contribution in [2.24, 2.45) is 5.10 Å². The van der Waals surface area contributed by atoms with Gasteiger partial charge in [0.05, 0.1) is 22.0 Å². The summed E-state index contributed by atoms with van der Waals surface area (Å²) >= 11 is 6.03. The van der Waals surface area contributed by atoms with E-state index < -0.39 is 24.0 Å². The number of fused-ring (bicyclic) bond motifs is 1. The molecular weight excluding hydrogens is 454 g/mol. The summed E-state index contributed by atoms with van der Waals surface area (Å²) in [7, 11) is 1.67. The van der Waals surface area contributed by atoms with Gasteiger partial charge < -0.3 is 15.0 Å². The third kappa shape index (κ3) is 5.08. The lowest BCUT2D eigenvalue weighted by molar-refractivity contribution is -0.107. The molecule has 3 rings (SSSR count). The van der Waals surface area contributed by atoms with Crippen LogP contribution in [0.25, 0.3) is 0 Å². The number of nitrogens with one attached hydrogen (secondary N) is 1. The van der Waals surface area contributed by atoms with Crippen LogP contribution in [0.5, 0.6) is 5.75 Å². The lowest BCUT2D eigenvalue weighted by Crippen LogP contribution is -2.31. The summed E-state index contributed by atoms with van der Waals surface area (Å²) in [6.07, 6.45) is 0.840. The third-order valence-corrected chi connectivity index (χ3v) is 5.58. The lowest BCUT2D eigenvalue weighted by atomic mass is 9.98. The zero-order chi connectivity index (χ0) is 24.3. The van der Waals surface area contributed by atoms with Gasteiger partial charge in [-0.2, -0.15) is 0 Å². The molecule has 0 fully saturated rings. The van der Waals surface area contributed by atoms with Gasteiger partial charge in [0.2, 0.25) is 6.41 Å². The number of anilines is 2. The van der Waals surface area contributed by atoms with Gasteiger partial charge in [0.25, 0.3) is 5.91 Å². The Bertz CT molecular complexity index is 1090. The highest BCUT2D eigenvalue weighted by Gasteiger charge is 2.37. The zero-order valence-electron chi connectivity index (χ0n) is 18.8. The van der Waals surface area contributed by atoms with Crippen LogP contribution in [-0.2, 0) is 11.2 Å². The number of amidine groups is 1. The standard InChI is InChI=1S/C23H25ClF2N4O3/c1-5-29(4)19(12-25)28-30(13-31)18-10-9-14(21-15(18)11-23(2,3)33-21)22(32)27-20-16(24)7-6-8-17(20)26/h6-10,13H,5,11-12H2,1-4H3,(H,27,32)/b28-19-. The van der Waals surface area contributed by atoms with E-state index in [1.54, 1.807) is 11.9 Å². The van der Waals surface area contributed by atoms with E-state index in [1.165, 1.54) is 30.3 Å². The summed E-state index contributed by atoms with van der Waals surface area (Å²) in [6.45, 7) is 5.14. The van der Waals surface area contributed by atoms with Crippen molar-refractivity contribution in [3.63, 3.8) is 0 Å². The van der Waals surface area contributed by atoms with Crippen LogP contribution in [0, 0.1) is 5.82 Å². The van der Waals surface area contributed by atoms with Gasteiger partial charge in [-0.15, -0.1) is 5.10 Å². The molecule has 2 amide bonds. The van der Waals surface area contributed by atoms with Crippen molar-refractivity contribution in [3.05, 3.63) is 52.3 Å². The minimum atomic E-state index is -0.858. The predicted molar refractivity (Wildman–Crippen MR) is 124 cm³/mol. The molecule has 0 saturated heterocycles. The first-order chi connectivity index (χ1) is 15.6. The van der Waals surface area contributed by atoms with Crippen molar-refractivity contribution < 1.29 is 23.1 Å². The van der Waals surface area contributed by atoms with Crippen LogP contribution in [0.1, 0.15) is 36.7 Å². The largest absolute Gasteiger partial charge is 0.486 e. The number of amides is 2. The first-order valence-electron chi connectivity index (χ1n) is 10.3. The number of hydrogen-bond donors (Lipinski definition) is 1. The molecule has 10 heteroatoms. The van der Waals surface area contributed by atoms with Gasteiger partial charge in [-0.05, 0) is 45.0 Å². The number of ether oxygens (including phenoxy) is 1. The number of para-hydroxylation sites is 1. The molecule has 0 radical (unpaired) electrons. The monoisotopic (exact) mass is 478 g/mol. The summed E-state index contributed by atoms with van der Waals surface area (Å²) in [5, 5.41) is 7.72. The molecule has 0 aliphatic carbocycles. The van der Waals surface area contributed by atoms with E-state index in [-0.39, 0.29) is 27.9 Å². The van der Waals surface area contributed by atoms with Gasteiger partial charge in [0, 0.05) is 25.6 Å². The molecule has 1 heterocycles. The van der Waals surface area contributed by atoms with Gasteiger partial charge in [-0.25, -0.2) is 13.8 Å². The Morgan fingerprint density at radius 3 is 2.67 bits per heavy atom. The Morgan fingerprint density at radius 1 is 1.33 bits per heavy atom. The van der Waals surface area contributed by atoms with Crippen molar-refractivity contribution >= 4 is 41.1 Å². The topological polar surface area (TPSA) is 74.2 Å². The molecule has 1 aliphatic rings. The van der Waals surface area contributed by atoms with E-state index in [9.17, 15) is 18.4 Å². The number of hydrogen-bond acceptors (Lipinski definition) is 4. The molecule has 1 N–H and O–H groups in total. The summed E-state index contributed by atoms with van der Waals surface area (Å²) in [5.41, 5.74) is 0.241. The molecule has 33 heavy (non-hydrogen) atoms. The van der Waals surface area contributed by atoms with Crippen molar-refractivity contribution in [1.29, 1.82) is 0 Å². The lowest BCUT2D eigenvalue weighted by Gasteiger charge is -2.21. The molecule has 1 aliphatic heterocycles. The maximum Gasteiger partial charge on any atom is 0.259 e. The van der Waals surface area contributed by atoms with E-state index >= 15 is 0 Å². The minimum absolute atomic E-state index is 0.0538. The van der Waals surface area contributed by atoms with Crippen LogP contribution >= 0.6 is 11.6 Å². The second-order valence-corrected chi connectivity index (χ2v) is 8.55.